The van der Waals surface area contributed by atoms with Crippen LogP contribution in [0.1, 0.15) is 41.3 Å². The number of methoxy groups -OCH3 is 1. The van der Waals surface area contributed by atoms with Gasteiger partial charge in [-0.25, -0.2) is 0 Å². The highest BCUT2D eigenvalue weighted by molar-refractivity contribution is 6.31. The summed E-state index contributed by atoms with van der Waals surface area (Å²) in [6.07, 6.45) is 0.749. The van der Waals surface area contributed by atoms with Gasteiger partial charge in [0.2, 0.25) is 0 Å². The molecule has 156 valence electrons. The van der Waals surface area contributed by atoms with Crippen molar-refractivity contribution in [1.29, 1.82) is 0 Å². The van der Waals surface area contributed by atoms with Crippen LogP contribution in [0.5, 0.6) is 17.2 Å². The molecule has 3 aromatic carbocycles. The molecular formula is C25H26ClNO3. The number of ether oxygens (including phenoxy) is 2. The second-order valence-electron chi connectivity index (χ2n) is 7.32. The first-order valence-corrected chi connectivity index (χ1v) is 10.3. The first-order chi connectivity index (χ1) is 14.5. The van der Waals surface area contributed by atoms with Crippen LogP contribution in [0.4, 0.5) is 0 Å². The van der Waals surface area contributed by atoms with Gasteiger partial charge in [-0.2, -0.15) is 0 Å². The molecule has 0 saturated heterocycles. The predicted molar refractivity (Wildman–Crippen MR) is 121 cm³/mol. The summed E-state index contributed by atoms with van der Waals surface area (Å²) in [6.45, 7) is 4.87. The van der Waals surface area contributed by atoms with Crippen LogP contribution in [-0.2, 0) is 6.42 Å². The van der Waals surface area contributed by atoms with Crippen molar-refractivity contribution >= 4 is 17.5 Å². The minimum absolute atomic E-state index is 0.222. The number of carbonyl (C=O) groups is 1. The number of amides is 1. The molecule has 0 spiro atoms. The van der Waals surface area contributed by atoms with E-state index < -0.39 is 0 Å². The third-order valence-electron chi connectivity index (χ3n) is 4.82. The van der Waals surface area contributed by atoms with Crippen LogP contribution in [0, 0.1) is 0 Å². The lowest BCUT2D eigenvalue weighted by atomic mass is 10.0. The highest BCUT2D eigenvalue weighted by Crippen LogP contribution is 2.29. The maximum absolute atomic E-state index is 12.8. The first kappa shape index (κ1) is 21.7. The standard InChI is InChI=1S/C25H26ClNO3/c1-17(2)19-6-4-18(5-7-19)14-15-27-25(28)23-16-20(26)8-13-24(23)30-22-11-9-21(29-3)10-12-22/h4-13,16-17H,14-15H2,1-3H3,(H,27,28). The third-order valence-corrected chi connectivity index (χ3v) is 5.05. The van der Waals surface area contributed by atoms with E-state index in [1.807, 2.05) is 0 Å². The van der Waals surface area contributed by atoms with Crippen LogP contribution >= 0.6 is 11.6 Å². The van der Waals surface area contributed by atoms with E-state index >= 15 is 0 Å². The second-order valence-corrected chi connectivity index (χ2v) is 7.76. The van der Waals surface area contributed by atoms with Crippen LogP contribution < -0.4 is 14.8 Å². The number of benzene rings is 3. The van der Waals surface area contributed by atoms with Crippen molar-refractivity contribution in [2.24, 2.45) is 0 Å². The Labute approximate surface area is 182 Å². The van der Waals surface area contributed by atoms with E-state index in [1.165, 1.54) is 11.1 Å². The molecule has 0 aliphatic rings. The number of hydrogen-bond donors (Lipinski definition) is 1. The fraction of sp³-hybridized carbons (Fsp3) is 0.240. The van der Waals surface area contributed by atoms with E-state index in [1.54, 1.807) is 49.6 Å². The highest BCUT2D eigenvalue weighted by Gasteiger charge is 2.14. The van der Waals surface area contributed by atoms with Gasteiger partial charge in [-0.05, 0) is 65.9 Å². The van der Waals surface area contributed by atoms with Crippen molar-refractivity contribution in [2.45, 2.75) is 26.2 Å². The fourth-order valence-corrected chi connectivity index (χ4v) is 3.20. The molecule has 0 aliphatic heterocycles. The molecule has 0 aromatic heterocycles. The summed E-state index contributed by atoms with van der Waals surface area (Å²) >= 11 is 6.12. The SMILES string of the molecule is COc1ccc(Oc2ccc(Cl)cc2C(=O)NCCc2ccc(C(C)C)cc2)cc1. The van der Waals surface area contributed by atoms with Gasteiger partial charge in [0.05, 0.1) is 12.7 Å². The Morgan fingerprint density at radius 3 is 2.27 bits per heavy atom. The van der Waals surface area contributed by atoms with Crippen LogP contribution in [-0.4, -0.2) is 19.6 Å². The lowest BCUT2D eigenvalue weighted by Gasteiger charge is -2.13. The van der Waals surface area contributed by atoms with Gasteiger partial charge in [-0.3, -0.25) is 4.79 Å². The average molecular weight is 424 g/mol. The monoisotopic (exact) mass is 423 g/mol. The van der Waals surface area contributed by atoms with Crippen molar-refractivity contribution in [3.8, 4) is 17.2 Å². The molecule has 5 heteroatoms. The zero-order chi connectivity index (χ0) is 21.5. The highest BCUT2D eigenvalue weighted by atomic mass is 35.5. The molecular weight excluding hydrogens is 398 g/mol. The average Bonchev–Trinajstić information content (AvgIpc) is 2.75. The number of carbonyl (C=O) groups excluding carboxylic acids is 1. The largest absolute Gasteiger partial charge is 0.497 e. The third kappa shape index (κ3) is 5.77. The van der Waals surface area contributed by atoms with Gasteiger partial charge >= 0.3 is 0 Å². The van der Waals surface area contributed by atoms with Gasteiger partial charge in [-0.15, -0.1) is 0 Å². The van der Waals surface area contributed by atoms with Crippen molar-refractivity contribution in [2.75, 3.05) is 13.7 Å². The van der Waals surface area contributed by atoms with Crippen molar-refractivity contribution < 1.29 is 14.3 Å². The zero-order valence-electron chi connectivity index (χ0n) is 17.4. The summed E-state index contributed by atoms with van der Waals surface area (Å²) in [5.74, 6) is 2.07. The van der Waals surface area contributed by atoms with Gasteiger partial charge < -0.3 is 14.8 Å². The molecule has 0 radical (unpaired) electrons. The quantitative estimate of drug-likeness (QED) is 0.466. The minimum atomic E-state index is -0.222. The molecule has 1 amide bonds. The Balaban J connectivity index is 1.65. The summed E-state index contributed by atoms with van der Waals surface area (Å²) in [5, 5.41) is 3.44. The Hall–Kier alpha value is -2.98. The molecule has 0 fully saturated rings. The van der Waals surface area contributed by atoms with E-state index in [0.29, 0.717) is 34.5 Å². The molecule has 0 heterocycles. The Bertz CT molecular complexity index is 982. The molecule has 1 N–H and O–H groups in total. The lowest BCUT2D eigenvalue weighted by Crippen LogP contribution is -2.26. The fourth-order valence-electron chi connectivity index (χ4n) is 3.02. The Morgan fingerprint density at radius 2 is 1.63 bits per heavy atom. The number of hydrogen-bond acceptors (Lipinski definition) is 3. The Morgan fingerprint density at radius 1 is 0.967 bits per heavy atom. The van der Waals surface area contributed by atoms with E-state index in [4.69, 9.17) is 21.1 Å². The van der Waals surface area contributed by atoms with Gasteiger partial charge in [0.1, 0.15) is 17.2 Å². The van der Waals surface area contributed by atoms with Crippen molar-refractivity contribution in [3.05, 3.63) is 88.4 Å². The molecule has 4 nitrogen and oxygen atoms in total. The lowest BCUT2D eigenvalue weighted by molar-refractivity contribution is 0.0952. The van der Waals surface area contributed by atoms with Crippen LogP contribution in [0.25, 0.3) is 0 Å². The van der Waals surface area contributed by atoms with Crippen LogP contribution in [0.15, 0.2) is 66.7 Å². The molecule has 0 saturated carbocycles. The smallest absolute Gasteiger partial charge is 0.255 e. The molecule has 0 unspecified atom stereocenters. The maximum Gasteiger partial charge on any atom is 0.255 e. The molecule has 30 heavy (non-hydrogen) atoms. The summed E-state index contributed by atoms with van der Waals surface area (Å²) in [7, 11) is 1.61. The van der Waals surface area contributed by atoms with Crippen LogP contribution in [0.3, 0.4) is 0 Å². The second kappa shape index (κ2) is 10.2. The topological polar surface area (TPSA) is 47.6 Å². The number of halogens is 1. The number of rotatable bonds is 8. The van der Waals surface area contributed by atoms with Gasteiger partial charge in [0.15, 0.2) is 0 Å². The van der Waals surface area contributed by atoms with E-state index in [-0.39, 0.29) is 5.91 Å². The Kier molecular flexibility index (Phi) is 7.36. The molecule has 3 aromatic rings. The van der Waals surface area contributed by atoms with E-state index in [9.17, 15) is 4.79 Å². The number of nitrogens with one attached hydrogen (secondary N) is 1. The summed E-state index contributed by atoms with van der Waals surface area (Å²) in [4.78, 5) is 12.8. The zero-order valence-corrected chi connectivity index (χ0v) is 18.2. The maximum atomic E-state index is 12.8. The summed E-state index contributed by atoms with van der Waals surface area (Å²) in [5.41, 5.74) is 2.89. The molecule has 0 bridgehead atoms. The van der Waals surface area contributed by atoms with Gasteiger partial charge in [0.25, 0.3) is 5.91 Å². The summed E-state index contributed by atoms with van der Waals surface area (Å²) < 4.78 is 11.1. The van der Waals surface area contributed by atoms with Gasteiger partial charge in [0, 0.05) is 11.6 Å². The molecule has 0 aliphatic carbocycles. The van der Waals surface area contributed by atoms with E-state index in [0.717, 1.165) is 12.2 Å². The molecule has 0 atom stereocenters. The van der Waals surface area contributed by atoms with Crippen LogP contribution in [0.2, 0.25) is 5.02 Å². The first-order valence-electron chi connectivity index (χ1n) is 9.94. The normalized spacial score (nSPS) is 10.7. The van der Waals surface area contributed by atoms with E-state index in [2.05, 4.69) is 43.4 Å². The van der Waals surface area contributed by atoms with Crippen molar-refractivity contribution in [1.82, 2.24) is 5.32 Å². The predicted octanol–water partition coefficient (Wildman–Crippen LogP) is 6.24. The molecule has 3 rings (SSSR count). The van der Waals surface area contributed by atoms with Crippen molar-refractivity contribution in [3.63, 3.8) is 0 Å². The minimum Gasteiger partial charge on any atom is -0.497 e. The summed E-state index contributed by atoms with van der Waals surface area (Å²) in [6, 6.07) is 20.7. The van der Waals surface area contributed by atoms with Gasteiger partial charge in [-0.1, -0.05) is 49.7 Å².